The average molecular weight is 280 g/mol. The first-order valence-electron chi connectivity index (χ1n) is 6.18. The van der Waals surface area contributed by atoms with Crippen molar-refractivity contribution in [3.63, 3.8) is 0 Å². The Kier molecular flexibility index (Phi) is 5.74. The molecule has 0 aromatic carbocycles. The summed E-state index contributed by atoms with van der Waals surface area (Å²) < 4.78 is 49.0. The van der Waals surface area contributed by atoms with E-state index in [9.17, 15) is 13.3 Å². The average Bonchev–Trinajstić information content (AvgIpc) is 2.80. The van der Waals surface area contributed by atoms with E-state index in [4.69, 9.17) is 0 Å². The fraction of sp³-hybridized carbons (Fsp3) is 0.750. The summed E-state index contributed by atoms with van der Waals surface area (Å²) in [6.07, 6.45) is 4.09. The number of allylic oxidation sites excluding steroid dienone is 1. The van der Waals surface area contributed by atoms with Crippen LogP contribution >= 0.6 is 7.60 Å². The van der Waals surface area contributed by atoms with Gasteiger partial charge in [-0.15, -0.1) is 5.73 Å². The van der Waals surface area contributed by atoms with Gasteiger partial charge >= 0.3 is 13.3 Å². The molecule has 1 rings (SSSR count). The quantitative estimate of drug-likeness (QED) is 0.530. The lowest BCUT2D eigenvalue weighted by molar-refractivity contribution is 0.0794. The molecule has 3 nitrogen and oxygen atoms in total. The minimum Gasteiger partial charge on any atom is -0.304 e. The summed E-state index contributed by atoms with van der Waals surface area (Å²) in [5.74, 6) is 0. The van der Waals surface area contributed by atoms with Gasteiger partial charge in [-0.25, -0.2) is 0 Å². The van der Waals surface area contributed by atoms with E-state index in [0.717, 1.165) is 31.3 Å². The predicted octanol–water partition coefficient (Wildman–Crippen LogP) is 4.50. The molecule has 1 aliphatic carbocycles. The van der Waals surface area contributed by atoms with Crippen LogP contribution in [0.15, 0.2) is 17.4 Å². The molecular formula is C12H19F2O3P. The molecule has 0 N–H and O–H groups in total. The molecule has 6 heteroatoms. The summed E-state index contributed by atoms with van der Waals surface area (Å²) in [4.78, 5) is 0. The number of hydrogen-bond donors (Lipinski definition) is 0. The maximum atomic E-state index is 13.9. The van der Waals surface area contributed by atoms with E-state index in [1.54, 1.807) is 0 Å². The highest BCUT2D eigenvalue weighted by Crippen LogP contribution is 2.62. The Morgan fingerprint density at radius 1 is 1.28 bits per heavy atom. The fourth-order valence-corrected chi connectivity index (χ4v) is 3.08. The maximum absolute atomic E-state index is 13.9. The molecule has 0 spiro atoms. The lowest BCUT2D eigenvalue weighted by Gasteiger charge is -2.22. The van der Waals surface area contributed by atoms with Crippen molar-refractivity contribution in [2.45, 2.75) is 45.2 Å². The molecule has 0 amide bonds. The Hall–Kier alpha value is -0.470. The van der Waals surface area contributed by atoms with Crippen molar-refractivity contribution in [1.82, 2.24) is 0 Å². The SMILES string of the molecule is CCOP(=O)(OCC)C(F)(F)C=C=C1CCCC1. The third-order valence-electron chi connectivity index (χ3n) is 2.62. The second-order valence-corrected chi connectivity index (χ2v) is 6.13. The highest BCUT2D eigenvalue weighted by atomic mass is 31.2. The molecule has 1 saturated carbocycles. The molecular weight excluding hydrogens is 261 g/mol. The smallest absolute Gasteiger partial charge is 0.304 e. The normalized spacial score (nSPS) is 16.8. The monoisotopic (exact) mass is 280 g/mol. The largest absolute Gasteiger partial charge is 0.404 e. The van der Waals surface area contributed by atoms with E-state index in [1.165, 1.54) is 13.8 Å². The van der Waals surface area contributed by atoms with Gasteiger partial charge in [0.15, 0.2) is 0 Å². The number of rotatable bonds is 6. The summed E-state index contributed by atoms with van der Waals surface area (Å²) in [5, 5.41) is 0. The molecule has 0 saturated heterocycles. The van der Waals surface area contributed by atoms with Gasteiger partial charge in [-0.2, -0.15) is 8.78 Å². The third-order valence-corrected chi connectivity index (χ3v) is 4.68. The van der Waals surface area contributed by atoms with Crippen LogP contribution in [0.1, 0.15) is 39.5 Å². The Bertz CT molecular complexity index is 369. The van der Waals surface area contributed by atoms with Crippen molar-refractivity contribution in [2.75, 3.05) is 13.2 Å². The second kappa shape index (κ2) is 6.63. The van der Waals surface area contributed by atoms with Gasteiger partial charge in [0.1, 0.15) is 0 Å². The third kappa shape index (κ3) is 3.76. The number of alkyl halides is 2. The van der Waals surface area contributed by atoms with Crippen molar-refractivity contribution in [2.24, 2.45) is 0 Å². The van der Waals surface area contributed by atoms with Crippen LogP contribution in [-0.4, -0.2) is 18.9 Å². The zero-order valence-corrected chi connectivity index (χ0v) is 11.6. The summed E-state index contributed by atoms with van der Waals surface area (Å²) >= 11 is 0. The molecule has 0 aliphatic heterocycles. The highest BCUT2D eigenvalue weighted by molar-refractivity contribution is 7.55. The topological polar surface area (TPSA) is 35.5 Å². The summed E-state index contributed by atoms with van der Waals surface area (Å²) in [7, 11) is -4.44. The van der Waals surface area contributed by atoms with Gasteiger partial charge < -0.3 is 9.05 Å². The van der Waals surface area contributed by atoms with Gasteiger partial charge in [-0.3, -0.25) is 4.57 Å². The predicted molar refractivity (Wildman–Crippen MR) is 65.9 cm³/mol. The first-order valence-corrected chi connectivity index (χ1v) is 7.72. The molecule has 1 aliphatic rings. The first kappa shape index (κ1) is 15.6. The van der Waals surface area contributed by atoms with Crippen molar-refractivity contribution < 1.29 is 22.4 Å². The van der Waals surface area contributed by atoms with Gasteiger partial charge in [-0.1, -0.05) is 0 Å². The molecule has 1 fully saturated rings. The highest BCUT2D eigenvalue weighted by Gasteiger charge is 2.51. The standard InChI is InChI=1S/C12H19F2O3P/c1-3-16-18(15,17-4-2)12(13,14)10-9-11-7-5-6-8-11/h10H,3-8H2,1-2H3. The van der Waals surface area contributed by atoms with Crippen molar-refractivity contribution in [3.05, 3.63) is 17.4 Å². The van der Waals surface area contributed by atoms with E-state index < -0.39 is 13.3 Å². The molecule has 0 unspecified atom stereocenters. The molecule has 104 valence electrons. The molecule has 0 atom stereocenters. The Labute approximate surface area is 106 Å². The minimum absolute atomic E-state index is 0.0860. The molecule has 0 aromatic rings. The van der Waals surface area contributed by atoms with E-state index >= 15 is 0 Å². The van der Waals surface area contributed by atoms with Crippen LogP contribution in [0.2, 0.25) is 0 Å². The Morgan fingerprint density at radius 3 is 2.22 bits per heavy atom. The Morgan fingerprint density at radius 2 is 1.78 bits per heavy atom. The van der Waals surface area contributed by atoms with Crippen LogP contribution in [0.4, 0.5) is 8.78 Å². The van der Waals surface area contributed by atoms with Crippen LogP contribution < -0.4 is 0 Å². The van der Waals surface area contributed by atoms with E-state index in [-0.39, 0.29) is 13.2 Å². The van der Waals surface area contributed by atoms with Crippen LogP contribution in [0.25, 0.3) is 0 Å². The minimum atomic E-state index is -4.44. The van der Waals surface area contributed by atoms with Crippen molar-refractivity contribution >= 4 is 7.60 Å². The zero-order valence-electron chi connectivity index (χ0n) is 10.7. The van der Waals surface area contributed by atoms with E-state index in [1.807, 2.05) is 0 Å². The van der Waals surface area contributed by atoms with Crippen molar-refractivity contribution in [1.29, 1.82) is 0 Å². The van der Waals surface area contributed by atoms with Gasteiger partial charge in [0.05, 0.1) is 13.2 Å². The van der Waals surface area contributed by atoms with Crippen LogP contribution in [0, 0.1) is 0 Å². The summed E-state index contributed by atoms with van der Waals surface area (Å²) in [6, 6.07) is 0. The number of hydrogen-bond acceptors (Lipinski definition) is 3. The molecule has 0 heterocycles. The number of halogens is 2. The van der Waals surface area contributed by atoms with E-state index in [2.05, 4.69) is 14.8 Å². The van der Waals surface area contributed by atoms with Crippen LogP contribution in [0.3, 0.4) is 0 Å². The van der Waals surface area contributed by atoms with Crippen LogP contribution in [0.5, 0.6) is 0 Å². The fourth-order valence-electron chi connectivity index (χ4n) is 1.76. The molecule has 18 heavy (non-hydrogen) atoms. The van der Waals surface area contributed by atoms with E-state index in [0.29, 0.717) is 6.08 Å². The first-order chi connectivity index (χ1) is 8.45. The van der Waals surface area contributed by atoms with Gasteiger partial charge in [0.2, 0.25) is 0 Å². The second-order valence-electron chi connectivity index (χ2n) is 4.02. The lowest BCUT2D eigenvalue weighted by Crippen LogP contribution is -2.17. The maximum Gasteiger partial charge on any atom is 0.404 e. The van der Waals surface area contributed by atoms with Gasteiger partial charge in [-0.05, 0) is 45.1 Å². The lowest BCUT2D eigenvalue weighted by atomic mass is 10.2. The Balaban J connectivity index is 2.94. The zero-order chi connectivity index (χ0) is 13.6. The van der Waals surface area contributed by atoms with Crippen LogP contribution in [-0.2, 0) is 13.6 Å². The molecule has 0 radical (unpaired) electrons. The van der Waals surface area contributed by atoms with Gasteiger partial charge in [0.25, 0.3) is 0 Å². The summed E-state index contributed by atoms with van der Waals surface area (Å²) in [6.45, 7) is 2.83. The molecule has 0 bridgehead atoms. The van der Waals surface area contributed by atoms with Crippen molar-refractivity contribution in [3.8, 4) is 0 Å². The summed E-state index contributed by atoms with van der Waals surface area (Å²) in [5.41, 5.74) is -0.235. The van der Waals surface area contributed by atoms with Gasteiger partial charge in [0, 0.05) is 6.08 Å². The molecule has 0 aromatic heterocycles.